The van der Waals surface area contributed by atoms with Crippen molar-refractivity contribution in [2.45, 2.75) is 45.6 Å². The molecular weight excluding hydrogens is 271 g/mol. The Hall–Kier alpha value is -1.42. The summed E-state index contributed by atoms with van der Waals surface area (Å²) in [4.78, 5) is 11.9. The van der Waals surface area contributed by atoms with E-state index in [1.54, 1.807) is 6.92 Å². The minimum Gasteiger partial charge on any atom is -0.492 e. The van der Waals surface area contributed by atoms with Gasteiger partial charge in [-0.05, 0) is 44.9 Å². The van der Waals surface area contributed by atoms with Gasteiger partial charge in [-0.2, -0.15) is 0 Å². The maximum atomic E-state index is 13.3. The lowest BCUT2D eigenvalue weighted by Crippen LogP contribution is -2.35. The van der Waals surface area contributed by atoms with Gasteiger partial charge in [-0.25, -0.2) is 4.39 Å². The second-order valence-corrected chi connectivity index (χ2v) is 6.20. The van der Waals surface area contributed by atoms with Crippen LogP contribution in [0, 0.1) is 11.7 Å². The lowest BCUT2D eigenvalue weighted by Gasteiger charge is -2.34. The van der Waals surface area contributed by atoms with Crippen molar-refractivity contribution in [3.63, 3.8) is 0 Å². The summed E-state index contributed by atoms with van der Waals surface area (Å²) in [5.74, 6) is 0.258. The van der Waals surface area contributed by atoms with Gasteiger partial charge in [0, 0.05) is 12.3 Å². The van der Waals surface area contributed by atoms with Gasteiger partial charge in [0.15, 0.2) is 5.78 Å². The molecule has 1 atom stereocenters. The number of carbonyl (C=O) groups excluding carboxylic acids is 1. The summed E-state index contributed by atoms with van der Waals surface area (Å²) in [5.41, 5.74) is 0.268. The zero-order chi connectivity index (χ0) is 15.5. The predicted molar refractivity (Wildman–Crippen MR) is 79.3 cm³/mol. The fourth-order valence-electron chi connectivity index (χ4n) is 2.43. The molecule has 0 aliphatic carbocycles. The summed E-state index contributed by atoms with van der Waals surface area (Å²) in [7, 11) is 0. The molecule has 1 aromatic carbocycles. The Morgan fingerprint density at radius 3 is 2.86 bits per heavy atom. The lowest BCUT2D eigenvalue weighted by molar-refractivity contribution is -0.0833. The van der Waals surface area contributed by atoms with Gasteiger partial charge in [-0.3, -0.25) is 4.79 Å². The molecule has 1 aliphatic rings. The molecule has 1 aliphatic heterocycles. The average Bonchev–Trinajstić information content (AvgIpc) is 2.46. The number of rotatable bonds is 5. The Bertz CT molecular complexity index is 501. The van der Waals surface area contributed by atoms with Crippen LogP contribution >= 0.6 is 0 Å². The molecule has 116 valence electrons. The zero-order valence-electron chi connectivity index (χ0n) is 12.9. The largest absolute Gasteiger partial charge is 0.492 e. The van der Waals surface area contributed by atoms with E-state index in [4.69, 9.17) is 9.47 Å². The highest BCUT2D eigenvalue weighted by Crippen LogP contribution is 2.28. The molecule has 0 unspecified atom stereocenters. The SMILES string of the molecule is CCC(=O)c1cc(F)ccc1OC[C@H]1CCC(C)(C)OC1. The molecule has 1 saturated heterocycles. The van der Waals surface area contributed by atoms with Crippen LogP contribution in [-0.4, -0.2) is 24.6 Å². The molecule has 3 nitrogen and oxygen atoms in total. The summed E-state index contributed by atoms with van der Waals surface area (Å²) < 4.78 is 24.8. The number of hydrogen-bond acceptors (Lipinski definition) is 3. The van der Waals surface area contributed by atoms with Crippen molar-refractivity contribution in [3.8, 4) is 5.75 Å². The van der Waals surface area contributed by atoms with E-state index in [2.05, 4.69) is 13.8 Å². The van der Waals surface area contributed by atoms with Gasteiger partial charge in [0.05, 0.1) is 24.4 Å². The van der Waals surface area contributed by atoms with Gasteiger partial charge in [0.2, 0.25) is 0 Å². The number of Topliss-reactive ketones (excluding diaryl/α,β-unsaturated/α-hetero) is 1. The number of ketones is 1. The zero-order valence-corrected chi connectivity index (χ0v) is 12.9. The number of halogens is 1. The Balaban J connectivity index is 1.99. The molecule has 0 aromatic heterocycles. The smallest absolute Gasteiger partial charge is 0.166 e. The standard InChI is InChI=1S/C17H23FO3/c1-4-15(19)14-9-13(18)5-6-16(14)20-10-12-7-8-17(2,3)21-11-12/h5-6,9,12H,4,7-8,10-11H2,1-3H3/t12-/m1/s1. The summed E-state index contributed by atoms with van der Waals surface area (Å²) >= 11 is 0. The molecule has 0 radical (unpaired) electrons. The highest BCUT2D eigenvalue weighted by Gasteiger charge is 2.28. The second kappa shape index (κ2) is 6.56. The van der Waals surface area contributed by atoms with Crippen LogP contribution in [0.5, 0.6) is 5.75 Å². The molecule has 1 heterocycles. The van der Waals surface area contributed by atoms with Crippen LogP contribution in [-0.2, 0) is 4.74 Å². The van der Waals surface area contributed by atoms with E-state index in [1.165, 1.54) is 18.2 Å². The highest BCUT2D eigenvalue weighted by molar-refractivity contribution is 5.98. The molecule has 0 saturated carbocycles. The molecule has 0 amide bonds. The van der Waals surface area contributed by atoms with Crippen LogP contribution in [0.15, 0.2) is 18.2 Å². The van der Waals surface area contributed by atoms with Crippen LogP contribution in [0.4, 0.5) is 4.39 Å². The topological polar surface area (TPSA) is 35.5 Å². The molecule has 1 fully saturated rings. The number of carbonyl (C=O) groups is 1. The minimum absolute atomic E-state index is 0.0598. The van der Waals surface area contributed by atoms with Gasteiger partial charge >= 0.3 is 0 Å². The third-order valence-electron chi connectivity index (χ3n) is 3.90. The first-order valence-corrected chi connectivity index (χ1v) is 7.51. The summed E-state index contributed by atoms with van der Waals surface area (Å²) in [6, 6.07) is 4.11. The van der Waals surface area contributed by atoms with Crippen LogP contribution in [0.2, 0.25) is 0 Å². The van der Waals surface area contributed by atoms with E-state index >= 15 is 0 Å². The van der Waals surface area contributed by atoms with Crippen molar-refractivity contribution in [3.05, 3.63) is 29.6 Å². The van der Waals surface area contributed by atoms with Crippen molar-refractivity contribution >= 4 is 5.78 Å². The molecule has 2 rings (SSSR count). The van der Waals surface area contributed by atoms with Crippen LogP contribution in [0.25, 0.3) is 0 Å². The third-order valence-corrected chi connectivity index (χ3v) is 3.90. The predicted octanol–water partition coefficient (Wildman–Crippen LogP) is 4.00. The van der Waals surface area contributed by atoms with Crippen molar-refractivity contribution in [1.29, 1.82) is 0 Å². The maximum Gasteiger partial charge on any atom is 0.166 e. The van der Waals surface area contributed by atoms with Crippen molar-refractivity contribution in [2.75, 3.05) is 13.2 Å². The molecule has 0 spiro atoms. The van der Waals surface area contributed by atoms with E-state index in [0.717, 1.165) is 12.8 Å². The normalized spacial score (nSPS) is 21.0. The van der Waals surface area contributed by atoms with Crippen molar-refractivity contribution in [1.82, 2.24) is 0 Å². The summed E-state index contributed by atoms with van der Waals surface area (Å²) in [6.07, 6.45) is 2.36. The van der Waals surface area contributed by atoms with Crippen LogP contribution in [0.1, 0.15) is 50.4 Å². The fourth-order valence-corrected chi connectivity index (χ4v) is 2.43. The first kappa shape index (κ1) is 16.0. The van der Waals surface area contributed by atoms with Gasteiger partial charge in [0.25, 0.3) is 0 Å². The third kappa shape index (κ3) is 4.27. The van der Waals surface area contributed by atoms with Gasteiger partial charge in [-0.15, -0.1) is 0 Å². The van der Waals surface area contributed by atoms with Gasteiger partial charge < -0.3 is 9.47 Å². The monoisotopic (exact) mass is 294 g/mol. The molecule has 0 bridgehead atoms. The minimum atomic E-state index is -0.415. The number of hydrogen-bond donors (Lipinski definition) is 0. The van der Waals surface area contributed by atoms with Crippen molar-refractivity contribution in [2.24, 2.45) is 5.92 Å². The van der Waals surface area contributed by atoms with E-state index in [9.17, 15) is 9.18 Å². The summed E-state index contributed by atoms with van der Waals surface area (Å²) in [5, 5.41) is 0. The fraction of sp³-hybridized carbons (Fsp3) is 0.588. The lowest BCUT2D eigenvalue weighted by atomic mass is 9.92. The second-order valence-electron chi connectivity index (χ2n) is 6.20. The summed E-state index contributed by atoms with van der Waals surface area (Å²) in [6.45, 7) is 7.08. The molecule has 4 heteroatoms. The Kier molecular flexibility index (Phi) is 4.99. The Labute approximate surface area is 125 Å². The van der Waals surface area contributed by atoms with E-state index < -0.39 is 5.82 Å². The van der Waals surface area contributed by atoms with Gasteiger partial charge in [0.1, 0.15) is 11.6 Å². The number of benzene rings is 1. The Morgan fingerprint density at radius 2 is 2.24 bits per heavy atom. The van der Waals surface area contributed by atoms with E-state index in [-0.39, 0.29) is 11.4 Å². The highest BCUT2D eigenvalue weighted by atomic mass is 19.1. The molecule has 0 N–H and O–H groups in total. The molecule has 21 heavy (non-hydrogen) atoms. The first-order chi connectivity index (χ1) is 9.91. The van der Waals surface area contributed by atoms with Crippen LogP contribution in [0.3, 0.4) is 0 Å². The quantitative estimate of drug-likeness (QED) is 0.770. The number of ether oxygens (including phenoxy) is 2. The average molecular weight is 294 g/mol. The molecular formula is C17H23FO3. The maximum absolute atomic E-state index is 13.3. The first-order valence-electron chi connectivity index (χ1n) is 7.51. The molecule has 1 aromatic rings. The Morgan fingerprint density at radius 1 is 1.48 bits per heavy atom. The van der Waals surface area contributed by atoms with Crippen molar-refractivity contribution < 1.29 is 18.7 Å². The van der Waals surface area contributed by atoms with E-state index in [0.29, 0.717) is 36.9 Å². The van der Waals surface area contributed by atoms with Gasteiger partial charge in [-0.1, -0.05) is 6.92 Å². The van der Waals surface area contributed by atoms with Crippen LogP contribution < -0.4 is 4.74 Å². The van der Waals surface area contributed by atoms with E-state index in [1.807, 2.05) is 0 Å².